The molecule has 0 atom stereocenters. The molecule has 8 nitrogen and oxygen atoms in total. The van der Waals surface area contributed by atoms with E-state index in [1.165, 1.54) is 0 Å². The molecule has 0 spiro atoms. The van der Waals surface area contributed by atoms with E-state index in [-0.39, 0.29) is 18.5 Å². The summed E-state index contributed by atoms with van der Waals surface area (Å²) in [5.41, 5.74) is 2.83. The van der Waals surface area contributed by atoms with Gasteiger partial charge in [-0.25, -0.2) is 4.79 Å². The van der Waals surface area contributed by atoms with Gasteiger partial charge in [-0.2, -0.15) is 5.10 Å². The Hall–Kier alpha value is -3.03. The number of nitrogens with one attached hydrogen (secondary N) is 1. The Morgan fingerprint density at radius 3 is 2.61 bits per heavy atom. The van der Waals surface area contributed by atoms with Gasteiger partial charge in [0.05, 0.1) is 18.8 Å². The second-order valence-electron chi connectivity index (χ2n) is 6.78. The lowest BCUT2D eigenvalue weighted by Gasteiger charge is -2.19. The minimum atomic E-state index is -0.163. The van der Waals surface area contributed by atoms with Crippen LogP contribution in [-0.2, 0) is 11.3 Å². The lowest BCUT2D eigenvalue weighted by Crippen LogP contribution is -2.40. The van der Waals surface area contributed by atoms with Crippen molar-refractivity contribution in [2.45, 2.75) is 27.3 Å². The van der Waals surface area contributed by atoms with Crippen LogP contribution in [0.3, 0.4) is 0 Å². The number of ether oxygens (including phenoxy) is 1. The number of benzene rings is 1. The molecular formula is C20H27N5O3. The molecule has 8 heteroatoms. The van der Waals surface area contributed by atoms with Crippen molar-refractivity contribution in [1.82, 2.24) is 20.0 Å². The van der Waals surface area contributed by atoms with Crippen LogP contribution in [0.5, 0.6) is 5.75 Å². The number of amides is 3. The van der Waals surface area contributed by atoms with Gasteiger partial charge >= 0.3 is 6.03 Å². The number of aromatic nitrogens is 2. The fraction of sp³-hybridized carbons (Fsp3) is 0.450. The van der Waals surface area contributed by atoms with Crippen LogP contribution in [0.4, 0.5) is 10.5 Å². The number of carbonyl (C=O) groups is 2. The molecule has 1 N–H and O–H groups in total. The van der Waals surface area contributed by atoms with Gasteiger partial charge in [0.25, 0.3) is 0 Å². The van der Waals surface area contributed by atoms with Gasteiger partial charge in [-0.1, -0.05) is 0 Å². The highest BCUT2D eigenvalue weighted by Crippen LogP contribution is 2.23. The smallest absolute Gasteiger partial charge is 0.325 e. The first-order valence-corrected chi connectivity index (χ1v) is 9.55. The van der Waals surface area contributed by atoms with Crippen molar-refractivity contribution in [2.75, 3.05) is 37.7 Å². The summed E-state index contributed by atoms with van der Waals surface area (Å²) in [6.07, 6.45) is 0. The van der Waals surface area contributed by atoms with E-state index in [4.69, 9.17) is 4.74 Å². The van der Waals surface area contributed by atoms with Crippen LogP contribution in [0.2, 0.25) is 0 Å². The maximum atomic E-state index is 12.6. The standard InChI is InChI=1S/C20H27N5O3/c1-4-28-18-7-5-17(6-8-18)24-12-11-23(20(24)27)14-19(26)21-9-10-25-16(3)13-15(2)22-25/h5-8,13H,4,9-12,14H2,1-3H3,(H,21,26). The zero-order chi connectivity index (χ0) is 20.1. The van der Waals surface area contributed by atoms with Gasteiger partial charge < -0.3 is 15.0 Å². The molecule has 1 fully saturated rings. The first-order valence-electron chi connectivity index (χ1n) is 9.55. The van der Waals surface area contributed by atoms with Gasteiger partial charge in [0.2, 0.25) is 5.91 Å². The zero-order valence-electron chi connectivity index (χ0n) is 16.6. The van der Waals surface area contributed by atoms with Crippen molar-refractivity contribution < 1.29 is 14.3 Å². The summed E-state index contributed by atoms with van der Waals surface area (Å²) in [6, 6.07) is 9.26. The fourth-order valence-corrected chi connectivity index (χ4v) is 3.29. The highest BCUT2D eigenvalue weighted by atomic mass is 16.5. The maximum Gasteiger partial charge on any atom is 0.325 e. The number of anilines is 1. The SMILES string of the molecule is CCOc1ccc(N2CCN(CC(=O)NCCn3nc(C)cc3C)C2=O)cc1. The highest BCUT2D eigenvalue weighted by molar-refractivity contribution is 5.96. The molecule has 0 unspecified atom stereocenters. The van der Waals surface area contributed by atoms with Crippen molar-refractivity contribution in [1.29, 1.82) is 0 Å². The Labute approximate surface area is 165 Å². The topological polar surface area (TPSA) is 79.7 Å². The Kier molecular flexibility index (Phi) is 6.18. The predicted molar refractivity (Wildman–Crippen MR) is 107 cm³/mol. The van der Waals surface area contributed by atoms with E-state index < -0.39 is 0 Å². The van der Waals surface area contributed by atoms with Crippen molar-refractivity contribution in [3.63, 3.8) is 0 Å². The van der Waals surface area contributed by atoms with Crippen LogP contribution >= 0.6 is 0 Å². The van der Waals surface area contributed by atoms with E-state index in [0.29, 0.717) is 32.8 Å². The molecular weight excluding hydrogens is 358 g/mol. The lowest BCUT2D eigenvalue weighted by atomic mass is 10.3. The molecule has 2 aromatic rings. The molecule has 0 saturated carbocycles. The van der Waals surface area contributed by atoms with Crippen LogP contribution in [0.1, 0.15) is 18.3 Å². The average molecular weight is 385 g/mol. The molecule has 28 heavy (non-hydrogen) atoms. The van der Waals surface area contributed by atoms with Crippen LogP contribution in [0.15, 0.2) is 30.3 Å². The van der Waals surface area contributed by atoms with Gasteiger partial charge in [0.15, 0.2) is 0 Å². The summed E-state index contributed by atoms with van der Waals surface area (Å²) in [6.45, 7) is 8.69. The normalized spacial score (nSPS) is 13.9. The number of hydrogen-bond acceptors (Lipinski definition) is 4. The number of aryl methyl sites for hydroxylation is 2. The van der Waals surface area contributed by atoms with E-state index in [0.717, 1.165) is 22.8 Å². The summed E-state index contributed by atoms with van der Waals surface area (Å²) < 4.78 is 7.29. The van der Waals surface area contributed by atoms with Crippen LogP contribution < -0.4 is 15.0 Å². The fourth-order valence-electron chi connectivity index (χ4n) is 3.29. The van der Waals surface area contributed by atoms with E-state index in [2.05, 4.69) is 10.4 Å². The second kappa shape index (κ2) is 8.77. The van der Waals surface area contributed by atoms with E-state index in [1.807, 2.05) is 55.8 Å². The van der Waals surface area contributed by atoms with Crippen molar-refractivity contribution >= 4 is 17.6 Å². The third kappa shape index (κ3) is 4.62. The summed E-state index contributed by atoms with van der Waals surface area (Å²) in [7, 11) is 0. The molecule has 0 aliphatic carbocycles. The van der Waals surface area contributed by atoms with Gasteiger partial charge in [-0.15, -0.1) is 0 Å². The van der Waals surface area contributed by atoms with E-state index in [1.54, 1.807) is 9.80 Å². The molecule has 1 aromatic heterocycles. The molecule has 3 amide bonds. The molecule has 0 bridgehead atoms. The highest BCUT2D eigenvalue weighted by Gasteiger charge is 2.30. The Morgan fingerprint density at radius 2 is 1.96 bits per heavy atom. The first kappa shape index (κ1) is 19.7. The molecule has 2 heterocycles. The predicted octanol–water partition coefficient (Wildman–Crippen LogP) is 1.96. The van der Waals surface area contributed by atoms with Crippen molar-refractivity contribution in [3.8, 4) is 5.75 Å². The Morgan fingerprint density at radius 1 is 1.21 bits per heavy atom. The number of urea groups is 1. The van der Waals surface area contributed by atoms with Crippen molar-refractivity contribution in [2.24, 2.45) is 0 Å². The largest absolute Gasteiger partial charge is 0.494 e. The van der Waals surface area contributed by atoms with Gasteiger partial charge in [-0.05, 0) is 51.1 Å². The van der Waals surface area contributed by atoms with Crippen LogP contribution in [0, 0.1) is 13.8 Å². The number of rotatable bonds is 8. The Balaban J connectivity index is 1.47. The quantitative estimate of drug-likeness (QED) is 0.753. The number of carbonyl (C=O) groups excluding carboxylic acids is 2. The third-order valence-electron chi connectivity index (χ3n) is 4.64. The van der Waals surface area contributed by atoms with E-state index in [9.17, 15) is 9.59 Å². The minimum absolute atomic E-state index is 0.0590. The summed E-state index contributed by atoms with van der Waals surface area (Å²) in [5.74, 6) is 0.611. The zero-order valence-corrected chi connectivity index (χ0v) is 16.6. The molecule has 3 rings (SSSR count). The summed E-state index contributed by atoms with van der Waals surface area (Å²) >= 11 is 0. The minimum Gasteiger partial charge on any atom is -0.494 e. The van der Waals surface area contributed by atoms with Crippen molar-refractivity contribution in [3.05, 3.63) is 41.7 Å². The van der Waals surface area contributed by atoms with Gasteiger partial charge in [0.1, 0.15) is 12.3 Å². The summed E-state index contributed by atoms with van der Waals surface area (Å²) in [5, 5.41) is 7.23. The van der Waals surface area contributed by atoms with Gasteiger partial charge in [-0.3, -0.25) is 14.4 Å². The molecule has 1 saturated heterocycles. The van der Waals surface area contributed by atoms with Crippen LogP contribution in [0.25, 0.3) is 0 Å². The molecule has 150 valence electrons. The third-order valence-corrected chi connectivity index (χ3v) is 4.64. The first-order chi connectivity index (χ1) is 13.5. The molecule has 1 aliphatic rings. The maximum absolute atomic E-state index is 12.6. The Bertz CT molecular complexity index is 831. The molecule has 1 aliphatic heterocycles. The van der Waals surface area contributed by atoms with Gasteiger partial charge in [0, 0.05) is 31.0 Å². The average Bonchev–Trinajstić information content (AvgIpc) is 3.18. The van der Waals surface area contributed by atoms with Crippen LogP contribution in [-0.4, -0.2) is 59.4 Å². The number of nitrogens with zero attached hydrogens (tertiary/aromatic N) is 4. The summed E-state index contributed by atoms with van der Waals surface area (Å²) in [4.78, 5) is 28.1. The lowest BCUT2D eigenvalue weighted by molar-refractivity contribution is -0.121. The monoisotopic (exact) mass is 385 g/mol. The number of hydrogen-bond donors (Lipinski definition) is 1. The van der Waals surface area contributed by atoms with E-state index >= 15 is 0 Å². The molecule has 1 aromatic carbocycles. The molecule has 0 radical (unpaired) electrons. The second-order valence-corrected chi connectivity index (χ2v) is 6.78.